The van der Waals surface area contributed by atoms with Crippen molar-refractivity contribution in [3.63, 3.8) is 0 Å². The van der Waals surface area contributed by atoms with Crippen molar-refractivity contribution in [3.8, 4) is 0 Å². The molecule has 1 aromatic heterocycles. The second-order valence-electron chi connectivity index (χ2n) is 0.761. The van der Waals surface area contributed by atoms with E-state index in [2.05, 4.69) is 9.97 Å². The van der Waals surface area contributed by atoms with Crippen LogP contribution in [0.3, 0.4) is 0 Å². The van der Waals surface area contributed by atoms with Gasteiger partial charge in [0, 0.05) is 33.5 Å². The summed E-state index contributed by atoms with van der Waals surface area (Å²) < 4.78 is 0. The van der Waals surface area contributed by atoms with Crippen molar-refractivity contribution in [1.82, 2.24) is 9.97 Å². The molecule has 2 nitrogen and oxygen atoms in total. The number of nitrogens with zero attached hydrogens (tertiary/aromatic N) is 1. The Labute approximate surface area is 50.2 Å². The molecule has 1 heterocycles. The van der Waals surface area contributed by atoms with Gasteiger partial charge in [-0.2, -0.15) is 0 Å². The molecule has 3 heteroatoms. The fourth-order valence-corrected chi connectivity index (χ4v) is 0.215. The van der Waals surface area contributed by atoms with E-state index < -0.39 is 0 Å². The maximum Gasteiger partial charge on any atom is 0.0919 e. The first-order valence-corrected chi connectivity index (χ1v) is 1.43. The fraction of sp³-hybridized carbons (Fsp3) is 0. The number of imidazole rings is 1. The van der Waals surface area contributed by atoms with E-state index in [4.69, 9.17) is 0 Å². The van der Waals surface area contributed by atoms with Crippen molar-refractivity contribution >= 4 is 0 Å². The van der Waals surface area contributed by atoms with Gasteiger partial charge >= 0.3 is 0 Å². The van der Waals surface area contributed by atoms with Crippen molar-refractivity contribution in [2.45, 2.75) is 0 Å². The van der Waals surface area contributed by atoms with Gasteiger partial charge in [-0.1, -0.05) is 0 Å². The first-order valence-electron chi connectivity index (χ1n) is 1.43. The number of hydrogen-bond acceptors (Lipinski definition) is 1. The summed E-state index contributed by atoms with van der Waals surface area (Å²) in [7, 11) is 0. The van der Waals surface area contributed by atoms with Gasteiger partial charge in [0.1, 0.15) is 0 Å². The molecule has 0 aliphatic rings. The van der Waals surface area contributed by atoms with Gasteiger partial charge in [0.2, 0.25) is 0 Å². The van der Waals surface area contributed by atoms with E-state index in [1.807, 2.05) is 0 Å². The number of nitrogens with one attached hydrogen (secondary N) is 1. The first kappa shape index (κ1) is 5.90. The third-order valence-corrected chi connectivity index (χ3v) is 0.406. The Kier molecular flexibility index (Phi) is 3.05. The van der Waals surface area contributed by atoms with Crippen molar-refractivity contribution in [1.29, 1.82) is 0 Å². The monoisotopic (exact) mass is 252 g/mol. The number of rotatable bonds is 0. The Balaban J connectivity index is 0.000000250. The van der Waals surface area contributed by atoms with E-state index in [0.29, 0.717) is 0 Å². The van der Waals surface area contributed by atoms with E-state index in [1.54, 1.807) is 18.7 Å². The van der Waals surface area contributed by atoms with Crippen LogP contribution in [0.1, 0.15) is 0 Å². The van der Waals surface area contributed by atoms with Crippen LogP contribution >= 0.6 is 0 Å². The topological polar surface area (TPSA) is 28.7 Å². The van der Waals surface area contributed by atoms with E-state index in [1.165, 1.54) is 0 Å². The molecular weight excluding hydrogens is 248 g/mol. The SMILES string of the molecule is [W].c1c[nH]cn1. The van der Waals surface area contributed by atoms with Crippen LogP contribution in [-0.4, -0.2) is 9.97 Å². The van der Waals surface area contributed by atoms with E-state index in [0.717, 1.165) is 0 Å². The Morgan fingerprint density at radius 1 is 1.50 bits per heavy atom. The second kappa shape index (κ2) is 3.10. The number of aromatic amines is 1. The molecular formula is C3H4N2W. The zero-order valence-electron chi connectivity index (χ0n) is 3.09. The van der Waals surface area contributed by atoms with Crippen LogP contribution in [-0.2, 0) is 21.1 Å². The molecule has 0 bridgehead atoms. The average molecular weight is 252 g/mol. The van der Waals surface area contributed by atoms with Crippen LogP contribution in [0.25, 0.3) is 0 Å². The number of aromatic nitrogens is 2. The van der Waals surface area contributed by atoms with Crippen molar-refractivity contribution in [3.05, 3.63) is 18.7 Å². The fourth-order valence-electron chi connectivity index (χ4n) is 0.215. The van der Waals surface area contributed by atoms with Gasteiger partial charge < -0.3 is 4.98 Å². The van der Waals surface area contributed by atoms with Crippen LogP contribution < -0.4 is 0 Å². The molecule has 0 atom stereocenters. The summed E-state index contributed by atoms with van der Waals surface area (Å²) in [5.41, 5.74) is 0. The summed E-state index contributed by atoms with van der Waals surface area (Å²) in [5.74, 6) is 0. The minimum Gasteiger partial charge on any atom is -0.351 e. The second-order valence-corrected chi connectivity index (χ2v) is 0.761. The van der Waals surface area contributed by atoms with Crippen LogP contribution in [0.2, 0.25) is 0 Å². The summed E-state index contributed by atoms with van der Waals surface area (Å²) in [6, 6.07) is 0. The summed E-state index contributed by atoms with van der Waals surface area (Å²) in [5, 5.41) is 0. The van der Waals surface area contributed by atoms with Gasteiger partial charge in [-0.15, -0.1) is 0 Å². The summed E-state index contributed by atoms with van der Waals surface area (Å²) in [6.07, 6.45) is 5.08. The number of H-pyrrole nitrogens is 1. The summed E-state index contributed by atoms with van der Waals surface area (Å²) in [6.45, 7) is 0. The van der Waals surface area contributed by atoms with E-state index >= 15 is 0 Å². The molecule has 1 rings (SSSR count). The molecule has 0 saturated carbocycles. The largest absolute Gasteiger partial charge is 0.351 e. The third kappa shape index (κ3) is 1.36. The minimum atomic E-state index is 0. The Hall–Kier alpha value is -0.102. The van der Waals surface area contributed by atoms with E-state index in [9.17, 15) is 0 Å². The molecule has 0 saturated heterocycles. The van der Waals surface area contributed by atoms with Crippen molar-refractivity contribution in [2.75, 3.05) is 0 Å². The molecule has 1 N–H and O–H groups in total. The van der Waals surface area contributed by atoms with Crippen LogP contribution in [0.4, 0.5) is 0 Å². The minimum absolute atomic E-state index is 0. The van der Waals surface area contributed by atoms with Crippen molar-refractivity contribution < 1.29 is 21.1 Å². The smallest absolute Gasteiger partial charge is 0.0919 e. The van der Waals surface area contributed by atoms with Gasteiger partial charge in [-0.05, 0) is 0 Å². The summed E-state index contributed by atoms with van der Waals surface area (Å²) in [4.78, 5) is 6.42. The molecule has 0 radical (unpaired) electrons. The maximum absolute atomic E-state index is 3.67. The predicted molar refractivity (Wildman–Crippen MR) is 18.6 cm³/mol. The molecule has 0 amide bonds. The van der Waals surface area contributed by atoms with Gasteiger partial charge in [0.25, 0.3) is 0 Å². The maximum atomic E-state index is 3.67. The standard InChI is InChI=1S/C3H4N2.W/c1-2-5-3-4-1;/h1-3H,(H,4,5);. The van der Waals surface area contributed by atoms with Gasteiger partial charge in [-0.25, -0.2) is 4.98 Å². The predicted octanol–water partition coefficient (Wildman–Crippen LogP) is 0.407. The van der Waals surface area contributed by atoms with Crippen LogP contribution in [0, 0.1) is 0 Å². The normalized spacial score (nSPS) is 6.67. The Morgan fingerprint density at radius 2 is 2.33 bits per heavy atom. The van der Waals surface area contributed by atoms with E-state index in [-0.39, 0.29) is 21.1 Å². The molecule has 0 unspecified atom stereocenters. The Bertz CT molecular complexity index is 65.3. The molecule has 0 aliphatic heterocycles. The molecule has 0 aromatic carbocycles. The molecule has 1 aromatic rings. The van der Waals surface area contributed by atoms with Gasteiger partial charge in [0.05, 0.1) is 6.33 Å². The summed E-state index contributed by atoms with van der Waals surface area (Å²) >= 11 is 0. The first-order chi connectivity index (χ1) is 2.50. The van der Waals surface area contributed by atoms with Gasteiger partial charge in [0.15, 0.2) is 0 Å². The van der Waals surface area contributed by atoms with Crippen LogP contribution in [0.5, 0.6) is 0 Å². The molecule has 32 valence electrons. The molecule has 0 aliphatic carbocycles. The molecule has 0 spiro atoms. The number of hydrogen-bond donors (Lipinski definition) is 1. The van der Waals surface area contributed by atoms with Gasteiger partial charge in [-0.3, -0.25) is 0 Å². The average Bonchev–Trinajstić information content (AvgIpc) is 1.76. The zero-order chi connectivity index (χ0) is 3.54. The quantitative estimate of drug-likeness (QED) is 0.711. The van der Waals surface area contributed by atoms with Crippen molar-refractivity contribution in [2.24, 2.45) is 0 Å². The van der Waals surface area contributed by atoms with Crippen LogP contribution in [0.15, 0.2) is 18.7 Å². The zero-order valence-corrected chi connectivity index (χ0v) is 6.02. The molecule has 6 heavy (non-hydrogen) atoms. The third-order valence-electron chi connectivity index (χ3n) is 0.406. The molecule has 0 fully saturated rings. The Morgan fingerprint density at radius 3 is 2.50 bits per heavy atom.